The number of ether oxygens (including phenoxy) is 1. The number of esters is 1. The molecule has 2 aliphatic rings. The van der Waals surface area contributed by atoms with Gasteiger partial charge in [-0.2, -0.15) is 0 Å². The summed E-state index contributed by atoms with van der Waals surface area (Å²) in [7, 11) is 0. The molecule has 0 aliphatic carbocycles. The van der Waals surface area contributed by atoms with E-state index in [2.05, 4.69) is 11.6 Å². The summed E-state index contributed by atoms with van der Waals surface area (Å²) in [5.41, 5.74) is 0.951. The smallest absolute Gasteiger partial charge is 0.338 e. The van der Waals surface area contributed by atoms with Crippen molar-refractivity contribution < 1.29 is 19.2 Å². The molecule has 0 saturated carbocycles. The van der Waals surface area contributed by atoms with Gasteiger partial charge in [-0.25, -0.2) is 9.79 Å². The highest BCUT2D eigenvalue weighted by Crippen LogP contribution is 2.44. The Labute approximate surface area is 166 Å². The number of carbonyl (C=O) groups excluding carboxylic acids is 2. The van der Waals surface area contributed by atoms with Crippen LogP contribution in [-0.4, -0.2) is 38.7 Å². The first-order chi connectivity index (χ1) is 13.4. The quantitative estimate of drug-likeness (QED) is 0.313. The number of amidine groups is 1. The van der Waals surface area contributed by atoms with Crippen LogP contribution < -0.4 is 0 Å². The minimum atomic E-state index is -0.832. The SMILES string of the molecule is C=CCOC(=O)C1=C(C)N=C2S[C@H](CC)C(=O)N2[C@H]1c1cccc([N+](=O)[O-])c1. The molecule has 2 heterocycles. The molecular weight excluding hydrogens is 382 g/mol. The minimum Gasteiger partial charge on any atom is -0.458 e. The predicted molar refractivity (Wildman–Crippen MR) is 106 cm³/mol. The number of allylic oxidation sites excluding steroid dienone is 1. The molecule has 0 aromatic heterocycles. The number of nitrogens with zero attached hydrogens (tertiary/aromatic N) is 3. The van der Waals surface area contributed by atoms with Crippen molar-refractivity contribution in [2.75, 3.05) is 6.61 Å². The molecule has 0 N–H and O–H groups in total. The maximum Gasteiger partial charge on any atom is 0.338 e. The number of hydrogen-bond acceptors (Lipinski definition) is 7. The number of carbonyl (C=O) groups is 2. The molecule has 1 aromatic carbocycles. The summed E-state index contributed by atoms with van der Waals surface area (Å²) < 4.78 is 5.20. The number of fused-ring (bicyclic) bond motifs is 1. The summed E-state index contributed by atoms with van der Waals surface area (Å²) in [6.07, 6.45) is 2.05. The van der Waals surface area contributed by atoms with Crippen LogP contribution in [0.2, 0.25) is 0 Å². The fourth-order valence-corrected chi connectivity index (χ4v) is 4.32. The summed E-state index contributed by atoms with van der Waals surface area (Å²) in [5.74, 6) is -0.807. The van der Waals surface area contributed by atoms with E-state index in [1.165, 1.54) is 40.9 Å². The van der Waals surface area contributed by atoms with E-state index in [1.807, 2.05) is 6.92 Å². The first-order valence-corrected chi connectivity index (χ1v) is 9.58. The van der Waals surface area contributed by atoms with Crippen molar-refractivity contribution >= 4 is 34.5 Å². The van der Waals surface area contributed by atoms with Crippen LogP contribution in [0.15, 0.2) is 53.2 Å². The Bertz CT molecular complexity index is 924. The summed E-state index contributed by atoms with van der Waals surface area (Å²) in [6, 6.07) is 5.10. The lowest BCUT2D eigenvalue weighted by Gasteiger charge is -2.32. The second-order valence-electron chi connectivity index (χ2n) is 6.26. The minimum absolute atomic E-state index is 0.00806. The Morgan fingerprint density at radius 1 is 1.50 bits per heavy atom. The molecule has 9 heteroatoms. The van der Waals surface area contributed by atoms with Gasteiger partial charge in [-0.15, -0.1) is 0 Å². The third-order valence-electron chi connectivity index (χ3n) is 4.47. The van der Waals surface area contributed by atoms with Crippen molar-refractivity contribution in [1.82, 2.24) is 4.90 Å². The molecule has 146 valence electrons. The molecular formula is C19H19N3O5S. The van der Waals surface area contributed by atoms with E-state index in [0.29, 0.717) is 22.8 Å². The van der Waals surface area contributed by atoms with Crippen molar-refractivity contribution in [1.29, 1.82) is 0 Å². The standard InChI is InChI=1S/C19H19N3O5S/c1-4-9-27-18(24)15-11(3)20-19-21(17(23)14(5-2)28-19)16(15)12-7-6-8-13(10-12)22(25)26/h4,6-8,10,14,16H,1,5,9H2,2-3H3/t14-,16+/m1/s1. The average Bonchev–Trinajstić information content (AvgIpc) is 3.00. The van der Waals surface area contributed by atoms with Gasteiger partial charge in [0.05, 0.1) is 27.5 Å². The van der Waals surface area contributed by atoms with Gasteiger partial charge >= 0.3 is 5.97 Å². The Morgan fingerprint density at radius 2 is 2.25 bits per heavy atom. The highest BCUT2D eigenvalue weighted by Gasteiger charge is 2.47. The van der Waals surface area contributed by atoms with Crippen molar-refractivity contribution in [2.24, 2.45) is 4.99 Å². The van der Waals surface area contributed by atoms with Gasteiger partial charge in [0.15, 0.2) is 5.17 Å². The van der Waals surface area contributed by atoms with Crippen LogP contribution in [0.3, 0.4) is 0 Å². The van der Waals surface area contributed by atoms with Crippen molar-refractivity contribution in [3.05, 3.63) is 63.9 Å². The van der Waals surface area contributed by atoms with E-state index < -0.39 is 16.9 Å². The highest BCUT2D eigenvalue weighted by molar-refractivity contribution is 8.15. The van der Waals surface area contributed by atoms with E-state index in [-0.39, 0.29) is 29.0 Å². The number of benzene rings is 1. The Kier molecular flexibility index (Phi) is 5.64. The first-order valence-electron chi connectivity index (χ1n) is 8.70. The predicted octanol–water partition coefficient (Wildman–Crippen LogP) is 3.36. The zero-order chi connectivity index (χ0) is 20.4. The second-order valence-corrected chi connectivity index (χ2v) is 7.43. The van der Waals surface area contributed by atoms with Crippen LogP contribution in [0, 0.1) is 10.1 Å². The molecule has 0 bridgehead atoms. The molecule has 1 amide bonds. The lowest BCUT2D eigenvalue weighted by Crippen LogP contribution is -2.40. The average molecular weight is 401 g/mol. The third kappa shape index (κ3) is 3.45. The van der Waals surface area contributed by atoms with Gasteiger partial charge in [-0.3, -0.25) is 19.8 Å². The van der Waals surface area contributed by atoms with Gasteiger partial charge in [-0.05, 0) is 18.9 Å². The summed E-state index contributed by atoms with van der Waals surface area (Å²) in [5, 5.41) is 11.4. The Morgan fingerprint density at radius 3 is 2.89 bits per heavy atom. The summed E-state index contributed by atoms with van der Waals surface area (Å²) in [6.45, 7) is 7.11. The molecule has 1 aromatic rings. The van der Waals surface area contributed by atoms with E-state index in [9.17, 15) is 19.7 Å². The molecule has 3 rings (SSSR count). The van der Waals surface area contributed by atoms with E-state index in [0.717, 1.165) is 0 Å². The molecule has 1 saturated heterocycles. The van der Waals surface area contributed by atoms with Crippen LogP contribution in [0.1, 0.15) is 31.9 Å². The number of nitro groups is 1. The van der Waals surface area contributed by atoms with Gasteiger partial charge in [0.1, 0.15) is 6.61 Å². The van der Waals surface area contributed by atoms with E-state index in [4.69, 9.17) is 4.74 Å². The van der Waals surface area contributed by atoms with Gasteiger partial charge in [0, 0.05) is 12.1 Å². The molecule has 8 nitrogen and oxygen atoms in total. The molecule has 1 fully saturated rings. The number of hydrogen-bond donors (Lipinski definition) is 0. The number of nitro benzene ring substituents is 1. The highest BCUT2D eigenvalue weighted by atomic mass is 32.2. The zero-order valence-corrected chi connectivity index (χ0v) is 16.3. The van der Waals surface area contributed by atoms with Gasteiger partial charge < -0.3 is 4.74 Å². The van der Waals surface area contributed by atoms with Crippen LogP contribution in [-0.2, 0) is 14.3 Å². The Hall–Kier alpha value is -2.94. The topological polar surface area (TPSA) is 102 Å². The van der Waals surface area contributed by atoms with Gasteiger partial charge in [-0.1, -0.05) is 43.5 Å². The van der Waals surface area contributed by atoms with Gasteiger partial charge in [0.25, 0.3) is 5.69 Å². The van der Waals surface area contributed by atoms with Crippen LogP contribution >= 0.6 is 11.8 Å². The summed E-state index contributed by atoms with van der Waals surface area (Å²) in [4.78, 5) is 42.3. The number of amides is 1. The molecule has 0 spiro atoms. The number of rotatable bonds is 6. The van der Waals surface area contributed by atoms with Crippen LogP contribution in [0.25, 0.3) is 0 Å². The number of thioether (sulfide) groups is 1. The van der Waals surface area contributed by atoms with Crippen molar-refractivity contribution in [2.45, 2.75) is 31.6 Å². The molecule has 2 atom stereocenters. The second kappa shape index (κ2) is 7.97. The fourth-order valence-electron chi connectivity index (χ4n) is 3.19. The lowest BCUT2D eigenvalue weighted by atomic mass is 9.94. The van der Waals surface area contributed by atoms with E-state index >= 15 is 0 Å². The molecule has 2 aliphatic heterocycles. The van der Waals surface area contributed by atoms with Crippen LogP contribution in [0.4, 0.5) is 5.69 Å². The maximum absolute atomic E-state index is 13.0. The Balaban J connectivity index is 2.14. The van der Waals surface area contributed by atoms with Crippen molar-refractivity contribution in [3.63, 3.8) is 0 Å². The monoisotopic (exact) mass is 401 g/mol. The maximum atomic E-state index is 13.0. The van der Waals surface area contributed by atoms with Crippen molar-refractivity contribution in [3.8, 4) is 0 Å². The largest absolute Gasteiger partial charge is 0.458 e. The zero-order valence-electron chi connectivity index (χ0n) is 15.5. The third-order valence-corrected chi connectivity index (χ3v) is 5.79. The van der Waals surface area contributed by atoms with E-state index in [1.54, 1.807) is 13.0 Å². The number of aliphatic imine (C=N–C) groups is 1. The first kappa shape index (κ1) is 19.8. The fraction of sp³-hybridized carbons (Fsp3) is 0.316. The molecule has 0 radical (unpaired) electrons. The molecule has 28 heavy (non-hydrogen) atoms. The molecule has 0 unspecified atom stereocenters. The van der Waals surface area contributed by atoms with Gasteiger partial charge in [0.2, 0.25) is 5.91 Å². The van der Waals surface area contributed by atoms with Crippen LogP contribution in [0.5, 0.6) is 0 Å². The lowest BCUT2D eigenvalue weighted by molar-refractivity contribution is -0.384. The summed E-state index contributed by atoms with van der Waals surface area (Å²) >= 11 is 1.34. The normalized spacial score (nSPS) is 21.3. The number of non-ortho nitro benzene ring substituents is 1.